The zero-order chi connectivity index (χ0) is 25.7. The molecule has 1 fully saturated rings. The Morgan fingerprint density at radius 3 is 2.53 bits per heavy atom. The predicted molar refractivity (Wildman–Crippen MR) is 130 cm³/mol. The summed E-state index contributed by atoms with van der Waals surface area (Å²) in [5, 5.41) is 0.978. The van der Waals surface area contributed by atoms with E-state index in [4.69, 9.17) is 0 Å². The van der Waals surface area contributed by atoms with Crippen LogP contribution in [0.25, 0.3) is 10.9 Å². The SMILES string of the molecule is C[C@@H]1Cc2c([nH]c3ccccc23)[C@@H](c2ccc(CC3CN(CCCF)C3)s2)N1CC(F)(F)C(F)(F)F. The van der Waals surface area contributed by atoms with E-state index < -0.39 is 30.7 Å². The van der Waals surface area contributed by atoms with Crippen molar-refractivity contribution in [3.05, 3.63) is 57.4 Å². The molecule has 0 spiro atoms. The number of likely N-dealkylation sites (tertiary alicyclic amines) is 1. The van der Waals surface area contributed by atoms with Crippen molar-refractivity contribution in [3.8, 4) is 0 Å². The summed E-state index contributed by atoms with van der Waals surface area (Å²) in [6.45, 7) is 2.53. The maximum Gasteiger partial charge on any atom is 0.454 e. The summed E-state index contributed by atoms with van der Waals surface area (Å²) in [4.78, 5) is 8.70. The molecule has 5 rings (SSSR count). The van der Waals surface area contributed by atoms with Gasteiger partial charge in [-0.1, -0.05) is 18.2 Å². The van der Waals surface area contributed by atoms with E-state index in [2.05, 4.69) is 9.88 Å². The maximum atomic E-state index is 14.3. The number of aromatic nitrogens is 1. The van der Waals surface area contributed by atoms with Crippen molar-refractivity contribution in [1.29, 1.82) is 0 Å². The third kappa shape index (κ3) is 4.79. The summed E-state index contributed by atoms with van der Waals surface area (Å²) in [6, 6.07) is 10.2. The number of rotatable bonds is 8. The Labute approximate surface area is 210 Å². The van der Waals surface area contributed by atoms with E-state index in [0.29, 0.717) is 24.5 Å². The van der Waals surface area contributed by atoms with E-state index in [9.17, 15) is 26.3 Å². The van der Waals surface area contributed by atoms with Crippen LogP contribution in [0.4, 0.5) is 26.3 Å². The van der Waals surface area contributed by atoms with E-state index in [-0.39, 0.29) is 6.67 Å². The van der Waals surface area contributed by atoms with Crippen molar-refractivity contribution in [2.75, 3.05) is 32.9 Å². The highest BCUT2D eigenvalue weighted by molar-refractivity contribution is 7.12. The van der Waals surface area contributed by atoms with Crippen LogP contribution in [0.1, 0.15) is 40.4 Å². The van der Waals surface area contributed by atoms with E-state index >= 15 is 0 Å². The molecule has 0 aliphatic carbocycles. The summed E-state index contributed by atoms with van der Waals surface area (Å²) < 4.78 is 80.6. The predicted octanol–water partition coefficient (Wildman–Crippen LogP) is 6.60. The van der Waals surface area contributed by atoms with E-state index in [1.165, 1.54) is 16.2 Å². The lowest BCUT2D eigenvalue weighted by atomic mass is 9.91. The van der Waals surface area contributed by atoms with Gasteiger partial charge in [0.1, 0.15) is 0 Å². The van der Waals surface area contributed by atoms with Gasteiger partial charge in [0.05, 0.1) is 19.3 Å². The zero-order valence-corrected chi connectivity index (χ0v) is 20.7. The van der Waals surface area contributed by atoms with Crippen molar-refractivity contribution in [3.63, 3.8) is 0 Å². The molecule has 196 valence electrons. The molecule has 0 unspecified atom stereocenters. The lowest BCUT2D eigenvalue weighted by molar-refractivity contribution is -0.289. The van der Waals surface area contributed by atoms with Gasteiger partial charge < -0.3 is 9.88 Å². The van der Waals surface area contributed by atoms with Crippen LogP contribution in [-0.4, -0.2) is 65.8 Å². The van der Waals surface area contributed by atoms with Crippen LogP contribution in [0, 0.1) is 5.92 Å². The van der Waals surface area contributed by atoms with Crippen LogP contribution in [0.5, 0.6) is 0 Å². The van der Waals surface area contributed by atoms with Gasteiger partial charge in [-0.2, -0.15) is 22.0 Å². The number of hydrogen-bond donors (Lipinski definition) is 1. The summed E-state index contributed by atoms with van der Waals surface area (Å²) in [7, 11) is 0. The molecule has 2 aliphatic rings. The third-order valence-electron chi connectivity index (χ3n) is 7.40. The summed E-state index contributed by atoms with van der Waals surface area (Å²) >= 11 is 1.48. The number of hydrogen-bond acceptors (Lipinski definition) is 3. The second-order valence-electron chi connectivity index (χ2n) is 10.1. The van der Waals surface area contributed by atoms with Gasteiger partial charge in [-0.25, -0.2) is 0 Å². The molecule has 2 aliphatic heterocycles. The second-order valence-corrected chi connectivity index (χ2v) is 11.3. The first-order valence-corrected chi connectivity index (χ1v) is 13.1. The summed E-state index contributed by atoms with van der Waals surface area (Å²) in [6.07, 6.45) is -3.88. The minimum absolute atomic E-state index is 0.325. The topological polar surface area (TPSA) is 22.3 Å². The number of thiophene rings is 1. The summed E-state index contributed by atoms with van der Waals surface area (Å²) in [5.74, 6) is -4.38. The Morgan fingerprint density at radius 2 is 1.81 bits per heavy atom. The highest BCUT2D eigenvalue weighted by Crippen LogP contribution is 2.46. The van der Waals surface area contributed by atoms with Gasteiger partial charge in [-0.15, -0.1) is 11.3 Å². The van der Waals surface area contributed by atoms with Gasteiger partial charge >= 0.3 is 12.1 Å². The fourth-order valence-electron chi connectivity index (χ4n) is 5.59. The average Bonchev–Trinajstić information content (AvgIpc) is 3.39. The Hall–Kier alpha value is -2.04. The first-order chi connectivity index (χ1) is 17.1. The standard InChI is InChI=1S/C26H29F6N3S/c1-16-11-20-19-5-2-3-6-21(19)33-23(20)24(35(16)15-25(28,29)26(30,31)32)22-8-7-18(36-22)12-17-13-34(14-17)10-4-9-27/h2-3,5-8,16-17,24,33H,4,9-15H2,1H3/t16-,24-/m1/s1. The fourth-order valence-corrected chi connectivity index (χ4v) is 6.85. The number of halogens is 6. The maximum absolute atomic E-state index is 14.3. The molecule has 3 aromatic rings. The Balaban J connectivity index is 1.45. The van der Waals surface area contributed by atoms with Crippen molar-refractivity contribution in [2.45, 2.75) is 50.4 Å². The molecule has 1 aromatic carbocycles. The van der Waals surface area contributed by atoms with E-state index in [1.54, 1.807) is 6.92 Å². The quantitative estimate of drug-likeness (QED) is 0.333. The third-order valence-corrected chi connectivity index (χ3v) is 8.56. The normalized spacial score (nSPS) is 22.2. The summed E-state index contributed by atoms with van der Waals surface area (Å²) in [5.41, 5.74) is 2.53. The molecular weight excluding hydrogens is 500 g/mol. The molecule has 0 radical (unpaired) electrons. The van der Waals surface area contributed by atoms with Crippen molar-refractivity contribution < 1.29 is 26.3 Å². The van der Waals surface area contributed by atoms with Crippen molar-refractivity contribution >= 4 is 22.2 Å². The zero-order valence-electron chi connectivity index (χ0n) is 19.9. The lowest BCUT2D eigenvalue weighted by Gasteiger charge is -2.42. The van der Waals surface area contributed by atoms with Crippen molar-refractivity contribution in [2.24, 2.45) is 5.92 Å². The van der Waals surface area contributed by atoms with Crippen LogP contribution in [0.2, 0.25) is 0 Å². The van der Waals surface area contributed by atoms with Gasteiger partial charge in [0.2, 0.25) is 0 Å². The molecule has 3 nitrogen and oxygen atoms in total. The van der Waals surface area contributed by atoms with Gasteiger partial charge in [0.15, 0.2) is 0 Å². The Morgan fingerprint density at radius 1 is 1.06 bits per heavy atom. The number of para-hydroxylation sites is 1. The molecule has 1 saturated heterocycles. The van der Waals surface area contributed by atoms with Crippen LogP contribution in [0.3, 0.4) is 0 Å². The number of nitrogens with one attached hydrogen (secondary N) is 1. The van der Waals surface area contributed by atoms with Gasteiger partial charge in [-0.3, -0.25) is 9.29 Å². The molecule has 0 saturated carbocycles. The van der Waals surface area contributed by atoms with Crippen LogP contribution >= 0.6 is 11.3 Å². The molecule has 2 aromatic heterocycles. The number of benzene rings is 1. The molecular formula is C26H29F6N3S. The largest absolute Gasteiger partial charge is 0.454 e. The van der Waals surface area contributed by atoms with Crippen LogP contribution in [0.15, 0.2) is 36.4 Å². The average molecular weight is 530 g/mol. The van der Waals surface area contributed by atoms with Gasteiger partial charge in [0, 0.05) is 52.0 Å². The minimum Gasteiger partial charge on any atom is -0.357 e. The minimum atomic E-state index is -5.61. The smallest absolute Gasteiger partial charge is 0.357 e. The van der Waals surface area contributed by atoms with E-state index in [1.807, 2.05) is 36.4 Å². The first-order valence-electron chi connectivity index (χ1n) is 12.2. The monoisotopic (exact) mass is 529 g/mol. The Kier molecular flexibility index (Phi) is 6.89. The highest BCUT2D eigenvalue weighted by atomic mass is 32.1. The van der Waals surface area contributed by atoms with Crippen LogP contribution < -0.4 is 0 Å². The molecule has 10 heteroatoms. The van der Waals surface area contributed by atoms with Crippen LogP contribution in [-0.2, 0) is 12.8 Å². The fraction of sp³-hybridized carbons (Fsp3) is 0.538. The van der Waals surface area contributed by atoms with Crippen molar-refractivity contribution in [1.82, 2.24) is 14.8 Å². The first kappa shape index (κ1) is 25.6. The molecule has 36 heavy (non-hydrogen) atoms. The molecule has 0 amide bonds. The lowest BCUT2D eigenvalue weighted by Crippen LogP contribution is -2.52. The molecule has 4 heterocycles. The Bertz CT molecular complexity index is 1200. The highest BCUT2D eigenvalue weighted by Gasteiger charge is 2.59. The molecule has 2 atom stereocenters. The van der Waals surface area contributed by atoms with Gasteiger partial charge in [-0.05, 0) is 55.9 Å². The second kappa shape index (κ2) is 9.68. The molecule has 1 N–H and O–H groups in total. The molecule has 0 bridgehead atoms. The van der Waals surface area contributed by atoms with Gasteiger partial charge in [0.25, 0.3) is 0 Å². The number of alkyl halides is 6. The van der Waals surface area contributed by atoms with E-state index in [0.717, 1.165) is 52.3 Å². The number of aromatic amines is 1. The number of H-pyrrole nitrogens is 1. The number of nitrogens with zero attached hydrogens (tertiary/aromatic N) is 2. The number of fused-ring (bicyclic) bond motifs is 3.